The Kier molecular flexibility index (Phi) is 7.98. The molecule has 2 atom stereocenters. The number of halogens is 1. The predicted octanol–water partition coefficient (Wildman–Crippen LogP) is 1.77. The van der Waals surface area contributed by atoms with Gasteiger partial charge in [-0.05, 0) is 50.6 Å². The van der Waals surface area contributed by atoms with Gasteiger partial charge in [0.15, 0.2) is 0 Å². The zero-order valence-electron chi connectivity index (χ0n) is 15.3. The molecule has 3 aliphatic rings. The Balaban J connectivity index is 0.00000225. The molecule has 2 saturated heterocycles. The van der Waals surface area contributed by atoms with Crippen LogP contribution in [0.3, 0.4) is 0 Å². The molecule has 0 aromatic carbocycles. The van der Waals surface area contributed by atoms with Crippen LogP contribution < -0.4 is 10.0 Å². The quantitative estimate of drug-likeness (QED) is 0.719. The minimum Gasteiger partial charge on any atom is -0.384 e. The standard InChI is InChI=1S/C17H33N3O3S.ClH/c1-23-14-17(7-9-18-10-8-17)13-19-24(21,22)20-11-6-15-4-2-3-5-16(15)12-20;/h15-16,18-19H,2-14H2,1H3;1H. The lowest BCUT2D eigenvalue weighted by Crippen LogP contribution is -2.53. The maximum Gasteiger partial charge on any atom is 0.279 e. The van der Waals surface area contributed by atoms with E-state index in [-0.39, 0.29) is 17.8 Å². The molecule has 2 unspecified atom stereocenters. The third-order valence-corrected chi connectivity index (χ3v) is 7.86. The third-order valence-electron chi connectivity index (χ3n) is 6.34. The molecule has 1 aliphatic carbocycles. The van der Waals surface area contributed by atoms with Crippen LogP contribution in [0, 0.1) is 17.3 Å². The lowest BCUT2D eigenvalue weighted by molar-refractivity contribution is 0.0570. The molecule has 1 saturated carbocycles. The molecule has 0 bridgehead atoms. The number of methoxy groups -OCH3 is 1. The molecule has 0 spiro atoms. The minimum atomic E-state index is -3.38. The van der Waals surface area contributed by atoms with Crippen molar-refractivity contribution < 1.29 is 13.2 Å². The highest BCUT2D eigenvalue weighted by atomic mass is 35.5. The Labute approximate surface area is 159 Å². The molecule has 2 N–H and O–H groups in total. The first-order valence-electron chi connectivity index (χ1n) is 9.49. The van der Waals surface area contributed by atoms with Crippen LogP contribution in [0.25, 0.3) is 0 Å². The molecule has 0 amide bonds. The van der Waals surface area contributed by atoms with Crippen LogP contribution in [-0.2, 0) is 14.9 Å². The number of hydrogen-bond donors (Lipinski definition) is 2. The molecule has 2 aliphatic heterocycles. The van der Waals surface area contributed by atoms with Crippen molar-refractivity contribution in [2.24, 2.45) is 17.3 Å². The van der Waals surface area contributed by atoms with E-state index in [1.54, 1.807) is 11.4 Å². The summed E-state index contributed by atoms with van der Waals surface area (Å²) < 4.78 is 35.6. The Morgan fingerprint density at radius 2 is 1.84 bits per heavy atom. The molecule has 3 fully saturated rings. The van der Waals surface area contributed by atoms with E-state index in [0.29, 0.717) is 32.2 Å². The van der Waals surface area contributed by atoms with Crippen LogP contribution in [0.2, 0.25) is 0 Å². The summed E-state index contributed by atoms with van der Waals surface area (Å²) >= 11 is 0. The lowest BCUT2D eigenvalue weighted by atomic mass is 9.76. The zero-order valence-corrected chi connectivity index (χ0v) is 17.0. The Bertz CT molecular complexity index is 506. The first-order chi connectivity index (χ1) is 11.5. The van der Waals surface area contributed by atoms with Crippen LogP contribution in [0.4, 0.5) is 0 Å². The van der Waals surface area contributed by atoms with Crippen molar-refractivity contribution in [3.05, 3.63) is 0 Å². The molecule has 3 rings (SSSR count). The molecular formula is C17H34ClN3O3S. The molecular weight excluding hydrogens is 362 g/mol. The van der Waals surface area contributed by atoms with Gasteiger partial charge >= 0.3 is 0 Å². The molecule has 8 heteroatoms. The topological polar surface area (TPSA) is 70.7 Å². The van der Waals surface area contributed by atoms with Gasteiger partial charge in [0, 0.05) is 32.2 Å². The van der Waals surface area contributed by atoms with Gasteiger partial charge in [0.2, 0.25) is 0 Å². The predicted molar refractivity (Wildman–Crippen MR) is 102 cm³/mol. The number of nitrogens with zero attached hydrogens (tertiary/aromatic N) is 1. The fraction of sp³-hybridized carbons (Fsp3) is 1.00. The van der Waals surface area contributed by atoms with Crippen LogP contribution in [-0.4, -0.2) is 59.2 Å². The molecule has 0 radical (unpaired) electrons. The summed E-state index contributed by atoms with van der Waals surface area (Å²) in [5, 5.41) is 3.35. The first kappa shape index (κ1) is 21.4. The number of rotatable bonds is 6. The van der Waals surface area contributed by atoms with Gasteiger partial charge in [-0.1, -0.05) is 19.3 Å². The molecule has 6 nitrogen and oxygen atoms in total. The highest BCUT2D eigenvalue weighted by Gasteiger charge is 2.38. The number of nitrogens with one attached hydrogen (secondary N) is 2. The summed E-state index contributed by atoms with van der Waals surface area (Å²) in [4.78, 5) is 0. The first-order valence-corrected chi connectivity index (χ1v) is 10.9. The van der Waals surface area contributed by atoms with Crippen LogP contribution >= 0.6 is 12.4 Å². The van der Waals surface area contributed by atoms with Crippen molar-refractivity contribution in [1.82, 2.24) is 14.3 Å². The number of fused-ring (bicyclic) bond motifs is 1. The summed E-state index contributed by atoms with van der Waals surface area (Å²) in [7, 11) is -1.68. The van der Waals surface area contributed by atoms with E-state index in [9.17, 15) is 8.42 Å². The lowest BCUT2D eigenvalue weighted by Gasteiger charge is -2.41. The van der Waals surface area contributed by atoms with E-state index in [1.165, 1.54) is 25.7 Å². The number of ether oxygens (including phenoxy) is 1. The van der Waals surface area contributed by atoms with Crippen LogP contribution in [0.5, 0.6) is 0 Å². The van der Waals surface area contributed by atoms with Crippen molar-refractivity contribution in [3.63, 3.8) is 0 Å². The second-order valence-electron chi connectivity index (χ2n) is 7.96. The molecule has 2 heterocycles. The second-order valence-corrected chi connectivity index (χ2v) is 9.72. The van der Waals surface area contributed by atoms with Gasteiger partial charge < -0.3 is 10.1 Å². The van der Waals surface area contributed by atoms with Gasteiger partial charge in [0.25, 0.3) is 10.2 Å². The monoisotopic (exact) mass is 395 g/mol. The van der Waals surface area contributed by atoms with Crippen molar-refractivity contribution >= 4 is 22.6 Å². The van der Waals surface area contributed by atoms with Gasteiger partial charge in [0.05, 0.1) is 6.61 Å². The van der Waals surface area contributed by atoms with Crippen molar-refractivity contribution in [3.8, 4) is 0 Å². The Hall–Kier alpha value is 0.0800. The highest BCUT2D eigenvalue weighted by Crippen LogP contribution is 2.37. The largest absolute Gasteiger partial charge is 0.384 e. The summed E-state index contributed by atoms with van der Waals surface area (Å²) in [5.74, 6) is 1.31. The summed E-state index contributed by atoms with van der Waals surface area (Å²) in [6.07, 6.45) is 7.99. The average Bonchev–Trinajstić information content (AvgIpc) is 2.61. The highest BCUT2D eigenvalue weighted by molar-refractivity contribution is 7.87. The second kappa shape index (κ2) is 9.33. The molecule has 25 heavy (non-hydrogen) atoms. The Morgan fingerprint density at radius 1 is 1.16 bits per heavy atom. The maximum atomic E-state index is 12.8. The molecule has 0 aromatic heterocycles. The fourth-order valence-corrected chi connectivity index (χ4v) is 6.16. The fourth-order valence-electron chi connectivity index (χ4n) is 4.76. The van der Waals surface area contributed by atoms with E-state index >= 15 is 0 Å². The SMILES string of the molecule is COCC1(CNS(=O)(=O)N2CCC3CCCCC3C2)CCNCC1.Cl. The van der Waals surface area contributed by atoms with Crippen molar-refractivity contribution in [2.45, 2.75) is 44.9 Å². The van der Waals surface area contributed by atoms with Gasteiger partial charge in [-0.2, -0.15) is 12.7 Å². The van der Waals surface area contributed by atoms with Crippen LogP contribution in [0.1, 0.15) is 44.9 Å². The molecule has 148 valence electrons. The van der Waals surface area contributed by atoms with E-state index < -0.39 is 10.2 Å². The normalized spacial score (nSPS) is 30.3. The van der Waals surface area contributed by atoms with E-state index in [1.807, 2.05) is 0 Å². The minimum absolute atomic E-state index is 0. The maximum absolute atomic E-state index is 12.8. The smallest absolute Gasteiger partial charge is 0.279 e. The van der Waals surface area contributed by atoms with Gasteiger partial charge in [-0.25, -0.2) is 4.72 Å². The summed E-state index contributed by atoms with van der Waals surface area (Å²) in [6.45, 7) is 4.34. The number of piperidine rings is 2. The van der Waals surface area contributed by atoms with Gasteiger partial charge in [-0.15, -0.1) is 12.4 Å². The van der Waals surface area contributed by atoms with Crippen molar-refractivity contribution in [2.75, 3.05) is 46.4 Å². The molecule has 0 aromatic rings. The van der Waals surface area contributed by atoms with E-state index in [4.69, 9.17) is 4.74 Å². The Morgan fingerprint density at radius 3 is 2.52 bits per heavy atom. The van der Waals surface area contributed by atoms with E-state index in [0.717, 1.165) is 38.3 Å². The van der Waals surface area contributed by atoms with Crippen molar-refractivity contribution in [1.29, 1.82) is 0 Å². The third kappa shape index (κ3) is 5.30. The van der Waals surface area contributed by atoms with Gasteiger partial charge in [0.1, 0.15) is 0 Å². The average molecular weight is 396 g/mol. The summed E-state index contributed by atoms with van der Waals surface area (Å²) in [6, 6.07) is 0. The van der Waals surface area contributed by atoms with E-state index in [2.05, 4.69) is 10.0 Å². The number of hydrogen-bond acceptors (Lipinski definition) is 4. The van der Waals surface area contributed by atoms with Gasteiger partial charge in [-0.3, -0.25) is 0 Å². The summed E-state index contributed by atoms with van der Waals surface area (Å²) in [5.41, 5.74) is -0.0732. The zero-order chi connectivity index (χ0) is 17.0. The van der Waals surface area contributed by atoms with Crippen LogP contribution in [0.15, 0.2) is 0 Å².